The summed E-state index contributed by atoms with van der Waals surface area (Å²) in [4.78, 5) is 27.3. The van der Waals surface area contributed by atoms with Crippen molar-refractivity contribution in [2.24, 2.45) is 0 Å². The van der Waals surface area contributed by atoms with Crippen LogP contribution in [0.4, 0.5) is 0 Å². The Morgan fingerprint density at radius 2 is 1.82 bits per heavy atom. The lowest BCUT2D eigenvalue weighted by Gasteiger charge is -2.20. The Kier molecular flexibility index (Phi) is 7.77. The molecule has 2 aromatic rings. The normalized spacial score (nSPS) is 11.9. The first-order valence-electron chi connectivity index (χ1n) is 9.80. The summed E-state index contributed by atoms with van der Waals surface area (Å²) in [6.07, 6.45) is 3.44. The maximum atomic E-state index is 13.0. The van der Waals surface area contributed by atoms with E-state index in [1.165, 1.54) is 22.5 Å². The average Bonchev–Trinajstić information content (AvgIpc) is 2.67. The highest BCUT2D eigenvalue weighted by molar-refractivity contribution is 7.89. The van der Waals surface area contributed by atoms with Crippen LogP contribution in [0, 0.1) is 0 Å². The second kappa shape index (κ2) is 9.84. The molecule has 0 aliphatic heterocycles. The zero-order chi connectivity index (χ0) is 20.7. The quantitative estimate of drug-likeness (QED) is 0.592. The molecule has 1 amide bonds. The van der Waals surface area contributed by atoms with Gasteiger partial charge in [-0.3, -0.25) is 9.59 Å². The minimum Gasteiger partial charge on any atom is -0.352 e. The van der Waals surface area contributed by atoms with Gasteiger partial charge in [0.05, 0.1) is 10.5 Å². The van der Waals surface area contributed by atoms with Crippen LogP contribution < -0.4 is 10.9 Å². The highest BCUT2D eigenvalue weighted by atomic mass is 32.2. The Balaban J connectivity index is 2.51. The van der Waals surface area contributed by atoms with Gasteiger partial charge in [-0.15, -0.1) is 0 Å². The van der Waals surface area contributed by atoms with Crippen molar-refractivity contribution in [3.8, 4) is 0 Å². The molecule has 0 radical (unpaired) electrons. The fourth-order valence-corrected chi connectivity index (χ4v) is 4.50. The number of aromatic amines is 1. The third-order valence-electron chi connectivity index (χ3n) is 4.63. The number of fused-ring (bicyclic) bond motifs is 1. The molecule has 154 valence electrons. The summed E-state index contributed by atoms with van der Waals surface area (Å²) in [5.74, 6) is -0.377. The van der Waals surface area contributed by atoms with Gasteiger partial charge in [0.1, 0.15) is 0 Å². The summed E-state index contributed by atoms with van der Waals surface area (Å²) in [7, 11) is -3.68. The number of benzene rings is 1. The number of nitrogens with zero attached hydrogens (tertiary/aromatic N) is 1. The maximum Gasteiger partial charge on any atom is 0.252 e. The van der Waals surface area contributed by atoms with Crippen LogP contribution in [0.25, 0.3) is 10.9 Å². The molecule has 0 unspecified atom stereocenters. The van der Waals surface area contributed by atoms with Gasteiger partial charge in [-0.2, -0.15) is 4.31 Å². The van der Waals surface area contributed by atoms with E-state index >= 15 is 0 Å². The molecule has 0 saturated carbocycles. The molecule has 0 spiro atoms. The molecule has 1 aromatic carbocycles. The van der Waals surface area contributed by atoms with Gasteiger partial charge < -0.3 is 10.3 Å². The van der Waals surface area contributed by atoms with Gasteiger partial charge in [0.15, 0.2) is 0 Å². The summed E-state index contributed by atoms with van der Waals surface area (Å²) in [6, 6.07) is 5.71. The number of nitrogens with one attached hydrogen (secondary N) is 2. The lowest BCUT2D eigenvalue weighted by atomic mass is 10.1. The van der Waals surface area contributed by atoms with Crippen LogP contribution in [0.15, 0.2) is 34.0 Å². The molecular formula is C20H29N3O4S. The van der Waals surface area contributed by atoms with Crippen LogP contribution >= 0.6 is 0 Å². The highest BCUT2D eigenvalue weighted by Crippen LogP contribution is 2.23. The first-order chi connectivity index (χ1) is 13.3. The van der Waals surface area contributed by atoms with Crippen molar-refractivity contribution in [1.82, 2.24) is 14.6 Å². The Hall–Kier alpha value is -2.19. The van der Waals surface area contributed by atoms with Crippen molar-refractivity contribution in [1.29, 1.82) is 0 Å². The molecule has 0 saturated heterocycles. The molecule has 0 fully saturated rings. The third kappa shape index (κ3) is 4.99. The van der Waals surface area contributed by atoms with Crippen LogP contribution in [0.5, 0.6) is 0 Å². The smallest absolute Gasteiger partial charge is 0.252 e. The van der Waals surface area contributed by atoms with E-state index in [9.17, 15) is 18.0 Å². The summed E-state index contributed by atoms with van der Waals surface area (Å²) < 4.78 is 27.5. The summed E-state index contributed by atoms with van der Waals surface area (Å²) in [5.41, 5.74) is 0.217. The summed E-state index contributed by atoms with van der Waals surface area (Å²) in [5, 5.41) is 3.21. The van der Waals surface area contributed by atoms with E-state index in [4.69, 9.17) is 0 Å². The van der Waals surface area contributed by atoms with E-state index in [1.54, 1.807) is 13.0 Å². The van der Waals surface area contributed by atoms with Gasteiger partial charge in [0, 0.05) is 36.6 Å². The van der Waals surface area contributed by atoms with Crippen LogP contribution in [0.2, 0.25) is 0 Å². The van der Waals surface area contributed by atoms with Gasteiger partial charge in [-0.25, -0.2) is 8.42 Å². The maximum absolute atomic E-state index is 13.0. The van der Waals surface area contributed by atoms with E-state index in [0.29, 0.717) is 30.5 Å². The predicted octanol–water partition coefficient (Wildman–Crippen LogP) is 2.87. The molecule has 2 N–H and O–H groups in total. The molecular weight excluding hydrogens is 378 g/mol. The molecule has 0 bridgehead atoms. The largest absolute Gasteiger partial charge is 0.352 e. The van der Waals surface area contributed by atoms with E-state index in [-0.39, 0.29) is 16.4 Å². The number of pyridine rings is 1. The van der Waals surface area contributed by atoms with E-state index in [1.807, 2.05) is 13.8 Å². The zero-order valence-electron chi connectivity index (χ0n) is 16.7. The van der Waals surface area contributed by atoms with Crippen molar-refractivity contribution in [2.45, 2.75) is 51.3 Å². The predicted molar refractivity (Wildman–Crippen MR) is 111 cm³/mol. The van der Waals surface area contributed by atoms with Crippen molar-refractivity contribution in [3.63, 3.8) is 0 Å². The number of aromatic nitrogens is 1. The standard InChI is InChI=1S/C20H29N3O4S/c1-4-7-11-21-20(25)17-14-19(24)22-18-10-9-15(13-16(17)18)28(26,27)23(6-3)12-8-5-2/h9-10,13-14H,4-8,11-12H2,1-3H3,(H,21,25)(H,22,24). The lowest BCUT2D eigenvalue weighted by Crippen LogP contribution is -2.32. The lowest BCUT2D eigenvalue weighted by molar-refractivity contribution is 0.0954. The van der Waals surface area contributed by atoms with Gasteiger partial charge in [-0.05, 0) is 31.0 Å². The number of hydrogen-bond donors (Lipinski definition) is 2. The number of rotatable bonds is 10. The molecule has 2 rings (SSSR count). The number of hydrogen-bond acceptors (Lipinski definition) is 4. The molecule has 1 aromatic heterocycles. The Labute approximate surface area is 166 Å². The molecule has 8 heteroatoms. The minimum absolute atomic E-state index is 0.118. The number of sulfonamides is 1. The second-order valence-electron chi connectivity index (χ2n) is 6.71. The first-order valence-corrected chi connectivity index (χ1v) is 11.2. The number of H-pyrrole nitrogens is 1. The van der Waals surface area contributed by atoms with Crippen LogP contribution in [0.3, 0.4) is 0 Å². The molecule has 0 atom stereocenters. The van der Waals surface area contributed by atoms with E-state index in [2.05, 4.69) is 10.3 Å². The topological polar surface area (TPSA) is 99.3 Å². The molecule has 1 heterocycles. The van der Waals surface area contributed by atoms with Crippen molar-refractivity contribution < 1.29 is 13.2 Å². The fraction of sp³-hybridized carbons (Fsp3) is 0.500. The summed E-state index contributed by atoms with van der Waals surface area (Å²) in [6.45, 7) is 7.15. The Morgan fingerprint density at radius 3 is 2.46 bits per heavy atom. The number of unbranched alkanes of at least 4 members (excludes halogenated alkanes) is 2. The third-order valence-corrected chi connectivity index (χ3v) is 6.60. The number of carbonyl (C=O) groups excluding carboxylic acids is 1. The SMILES string of the molecule is CCCCNC(=O)c1cc(=O)[nH]c2ccc(S(=O)(=O)N(CC)CCCC)cc12. The van der Waals surface area contributed by atoms with Crippen molar-refractivity contribution >= 4 is 26.8 Å². The van der Waals surface area contributed by atoms with Crippen molar-refractivity contribution in [2.75, 3.05) is 19.6 Å². The zero-order valence-corrected chi connectivity index (χ0v) is 17.6. The Morgan fingerprint density at radius 1 is 1.11 bits per heavy atom. The van der Waals surface area contributed by atoms with Gasteiger partial charge in [0.25, 0.3) is 5.91 Å². The van der Waals surface area contributed by atoms with E-state index in [0.717, 1.165) is 25.7 Å². The van der Waals surface area contributed by atoms with Gasteiger partial charge in [-0.1, -0.05) is 33.6 Å². The second-order valence-corrected chi connectivity index (χ2v) is 8.65. The van der Waals surface area contributed by atoms with Crippen molar-refractivity contribution in [3.05, 3.63) is 40.2 Å². The van der Waals surface area contributed by atoms with Gasteiger partial charge >= 0.3 is 0 Å². The molecule has 28 heavy (non-hydrogen) atoms. The summed E-state index contributed by atoms with van der Waals surface area (Å²) >= 11 is 0. The number of carbonyl (C=O) groups is 1. The molecule has 0 aliphatic rings. The average molecular weight is 408 g/mol. The Bertz CT molecular complexity index is 983. The van der Waals surface area contributed by atoms with Crippen LogP contribution in [-0.4, -0.2) is 43.2 Å². The first kappa shape index (κ1) is 22.1. The van der Waals surface area contributed by atoms with Crippen LogP contribution in [0.1, 0.15) is 56.8 Å². The van der Waals surface area contributed by atoms with E-state index < -0.39 is 15.6 Å². The highest BCUT2D eigenvalue weighted by Gasteiger charge is 2.24. The monoisotopic (exact) mass is 407 g/mol. The number of amides is 1. The van der Waals surface area contributed by atoms with Gasteiger partial charge in [0.2, 0.25) is 15.6 Å². The fourth-order valence-electron chi connectivity index (χ4n) is 2.99. The van der Waals surface area contributed by atoms with Crippen LogP contribution in [-0.2, 0) is 10.0 Å². The molecule has 0 aliphatic carbocycles. The minimum atomic E-state index is -3.68. The molecule has 7 nitrogen and oxygen atoms in total.